The number of hydrogen-bond donors (Lipinski definition) is 1. The molecule has 0 amide bonds. The summed E-state index contributed by atoms with van der Waals surface area (Å²) in [7, 11) is 2.24. The van der Waals surface area contributed by atoms with Crippen molar-refractivity contribution < 1.29 is 0 Å². The van der Waals surface area contributed by atoms with E-state index in [0.717, 1.165) is 12.5 Å². The Morgan fingerprint density at radius 2 is 1.81 bits per heavy atom. The van der Waals surface area contributed by atoms with Crippen molar-refractivity contribution in [3.05, 3.63) is 0 Å². The second-order valence-electron chi connectivity index (χ2n) is 5.42. The minimum atomic E-state index is 0.653. The molecular formula is C14H32N2. The van der Waals surface area contributed by atoms with Crippen LogP contribution in [0.3, 0.4) is 0 Å². The normalized spacial score (nSPS) is 13.7. The number of nitrogens with zero attached hydrogens (tertiary/aromatic N) is 1. The van der Waals surface area contributed by atoms with Gasteiger partial charge in [0.1, 0.15) is 0 Å². The van der Waals surface area contributed by atoms with Crippen LogP contribution in [0.15, 0.2) is 0 Å². The first-order valence-electron chi connectivity index (χ1n) is 6.98. The molecule has 2 heteroatoms. The zero-order chi connectivity index (χ0) is 12.4. The maximum Gasteiger partial charge on any atom is 0.0189 e. The van der Waals surface area contributed by atoms with Crippen LogP contribution in [0.25, 0.3) is 0 Å². The molecule has 0 bridgehead atoms. The van der Waals surface area contributed by atoms with E-state index in [-0.39, 0.29) is 0 Å². The molecule has 0 saturated carbocycles. The zero-order valence-electron chi connectivity index (χ0n) is 12.1. The maximum absolute atomic E-state index is 3.55. The predicted molar refractivity (Wildman–Crippen MR) is 73.9 cm³/mol. The maximum atomic E-state index is 3.55. The predicted octanol–water partition coefficient (Wildman–Crippen LogP) is 3.13. The minimum absolute atomic E-state index is 0.653. The van der Waals surface area contributed by atoms with E-state index >= 15 is 0 Å². The molecule has 0 aliphatic carbocycles. The van der Waals surface area contributed by atoms with Crippen LogP contribution in [0.5, 0.6) is 0 Å². The molecule has 2 nitrogen and oxygen atoms in total. The van der Waals surface area contributed by atoms with Gasteiger partial charge in [-0.05, 0) is 45.8 Å². The summed E-state index contributed by atoms with van der Waals surface area (Å²) in [6.45, 7) is 12.7. The van der Waals surface area contributed by atoms with Crippen molar-refractivity contribution >= 4 is 0 Å². The van der Waals surface area contributed by atoms with Gasteiger partial charge in [0.15, 0.2) is 0 Å². The van der Waals surface area contributed by atoms with Crippen molar-refractivity contribution in [1.82, 2.24) is 10.2 Å². The Balaban J connectivity index is 3.43. The van der Waals surface area contributed by atoms with Gasteiger partial charge < -0.3 is 10.2 Å². The van der Waals surface area contributed by atoms with E-state index < -0.39 is 0 Å². The van der Waals surface area contributed by atoms with Crippen LogP contribution < -0.4 is 5.32 Å². The van der Waals surface area contributed by atoms with Crippen molar-refractivity contribution in [2.45, 2.75) is 59.4 Å². The molecule has 0 rings (SSSR count). The standard InChI is InChI=1S/C14H32N2/c1-6-7-8-10-15-12-14(4)16(5)11-9-13(2)3/h13-15H,6-12H2,1-5H3. The van der Waals surface area contributed by atoms with E-state index in [4.69, 9.17) is 0 Å². The average molecular weight is 228 g/mol. The summed E-state index contributed by atoms with van der Waals surface area (Å²) in [6.07, 6.45) is 5.28. The van der Waals surface area contributed by atoms with Crippen LogP contribution in [0, 0.1) is 5.92 Å². The lowest BCUT2D eigenvalue weighted by Gasteiger charge is -2.25. The van der Waals surface area contributed by atoms with Crippen molar-refractivity contribution in [1.29, 1.82) is 0 Å². The van der Waals surface area contributed by atoms with Gasteiger partial charge >= 0.3 is 0 Å². The van der Waals surface area contributed by atoms with E-state index in [1.807, 2.05) is 0 Å². The Bertz CT molecular complexity index is 146. The van der Waals surface area contributed by atoms with Gasteiger partial charge in [0.05, 0.1) is 0 Å². The van der Waals surface area contributed by atoms with Gasteiger partial charge in [0.2, 0.25) is 0 Å². The Hall–Kier alpha value is -0.0800. The minimum Gasteiger partial charge on any atom is -0.315 e. The van der Waals surface area contributed by atoms with E-state index in [0.29, 0.717) is 6.04 Å². The summed E-state index contributed by atoms with van der Waals surface area (Å²) < 4.78 is 0. The quantitative estimate of drug-likeness (QED) is 0.578. The highest BCUT2D eigenvalue weighted by molar-refractivity contribution is 4.66. The van der Waals surface area contributed by atoms with Gasteiger partial charge in [-0.15, -0.1) is 0 Å². The second-order valence-corrected chi connectivity index (χ2v) is 5.42. The number of rotatable bonds is 10. The van der Waals surface area contributed by atoms with Crippen LogP contribution in [0.1, 0.15) is 53.4 Å². The van der Waals surface area contributed by atoms with E-state index in [1.54, 1.807) is 0 Å². The third-order valence-corrected chi connectivity index (χ3v) is 3.21. The molecule has 1 atom stereocenters. The van der Waals surface area contributed by atoms with Gasteiger partial charge in [-0.1, -0.05) is 33.6 Å². The lowest BCUT2D eigenvalue weighted by Crippen LogP contribution is -2.39. The average Bonchev–Trinajstić information content (AvgIpc) is 2.25. The van der Waals surface area contributed by atoms with Gasteiger partial charge in [-0.3, -0.25) is 0 Å². The van der Waals surface area contributed by atoms with Crippen LogP contribution >= 0.6 is 0 Å². The van der Waals surface area contributed by atoms with E-state index in [2.05, 4.69) is 45.0 Å². The zero-order valence-corrected chi connectivity index (χ0v) is 12.1. The van der Waals surface area contributed by atoms with Crippen molar-refractivity contribution in [2.24, 2.45) is 5.92 Å². The fraction of sp³-hybridized carbons (Fsp3) is 1.00. The lowest BCUT2D eigenvalue weighted by atomic mass is 10.1. The fourth-order valence-electron chi connectivity index (χ4n) is 1.65. The molecular weight excluding hydrogens is 196 g/mol. The summed E-state index contributed by atoms with van der Waals surface area (Å²) in [4.78, 5) is 2.47. The molecule has 0 spiro atoms. The monoisotopic (exact) mass is 228 g/mol. The molecule has 1 N–H and O–H groups in total. The van der Waals surface area contributed by atoms with Gasteiger partial charge in [0.25, 0.3) is 0 Å². The molecule has 0 fully saturated rings. The lowest BCUT2D eigenvalue weighted by molar-refractivity contribution is 0.237. The Morgan fingerprint density at radius 3 is 2.38 bits per heavy atom. The highest BCUT2D eigenvalue weighted by atomic mass is 15.1. The summed E-state index contributed by atoms with van der Waals surface area (Å²) in [5.41, 5.74) is 0. The van der Waals surface area contributed by atoms with E-state index in [9.17, 15) is 0 Å². The first-order valence-corrected chi connectivity index (χ1v) is 6.98. The molecule has 0 aliphatic heterocycles. The highest BCUT2D eigenvalue weighted by Crippen LogP contribution is 2.03. The van der Waals surface area contributed by atoms with Gasteiger partial charge in [-0.25, -0.2) is 0 Å². The second kappa shape index (κ2) is 10.1. The highest BCUT2D eigenvalue weighted by Gasteiger charge is 2.08. The van der Waals surface area contributed by atoms with Crippen LogP contribution in [-0.2, 0) is 0 Å². The molecule has 0 aromatic heterocycles. The first-order chi connectivity index (χ1) is 7.57. The smallest absolute Gasteiger partial charge is 0.0189 e. The fourth-order valence-corrected chi connectivity index (χ4v) is 1.65. The molecule has 1 unspecified atom stereocenters. The van der Waals surface area contributed by atoms with Gasteiger partial charge in [0, 0.05) is 12.6 Å². The van der Waals surface area contributed by atoms with Crippen molar-refractivity contribution in [2.75, 3.05) is 26.7 Å². The number of nitrogens with one attached hydrogen (secondary N) is 1. The molecule has 0 aromatic carbocycles. The summed E-state index contributed by atoms with van der Waals surface area (Å²) in [5, 5.41) is 3.55. The van der Waals surface area contributed by atoms with Crippen LogP contribution in [0.2, 0.25) is 0 Å². The van der Waals surface area contributed by atoms with Gasteiger partial charge in [-0.2, -0.15) is 0 Å². The van der Waals surface area contributed by atoms with Crippen molar-refractivity contribution in [3.8, 4) is 0 Å². The Kier molecular flexibility index (Phi) is 10.0. The summed E-state index contributed by atoms with van der Waals surface area (Å²) >= 11 is 0. The summed E-state index contributed by atoms with van der Waals surface area (Å²) in [5.74, 6) is 0.812. The number of hydrogen-bond acceptors (Lipinski definition) is 2. The van der Waals surface area contributed by atoms with Crippen molar-refractivity contribution in [3.63, 3.8) is 0 Å². The third kappa shape index (κ3) is 9.17. The first kappa shape index (κ1) is 15.9. The molecule has 0 radical (unpaired) electrons. The summed E-state index contributed by atoms with van der Waals surface area (Å²) in [6, 6.07) is 0.653. The van der Waals surface area contributed by atoms with E-state index in [1.165, 1.54) is 38.8 Å². The molecule has 98 valence electrons. The molecule has 0 aromatic rings. The number of likely N-dealkylation sites (N-methyl/N-ethyl adjacent to an activating group) is 1. The third-order valence-electron chi connectivity index (χ3n) is 3.21. The Morgan fingerprint density at radius 1 is 1.12 bits per heavy atom. The molecule has 0 heterocycles. The van der Waals surface area contributed by atoms with Crippen LogP contribution in [0.4, 0.5) is 0 Å². The molecule has 16 heavy (non-hydrogen) atoms. The molecule has 0 aliphatic rings. The largest absolute Gasteiger partial charge is 0.315 e. The Labute approximate surface area is 103 Å². The van der Waals surface area contributed by atoms with Crippen LogP contribution in [-0.4, -0.2) is 37.6 Å². The molecule has 0 saturated heterocycles. The number of unbranched alkanes of at least 4 members (excludes halogenated alkanes) is 2. The topological polar surface area (TPSA) is 15.3 Å². The SMILES string of the molecule is CCCCCNCC(C)N(C)CCC(C)C.